The van der Waals surface area contributed by atoms with Crippen LogP contribution in [-0.2, 0) is 20.7 Å². The summed E-state index contributed by atoms with van der Waals surface area (Å²) in [5, 5.41) is 12.3. The van der Waals surface area contributed by atoms with Crippen molar-refractivity contribution < 1.29 is 14.3 Å². The van der Waals surface area contributed by atoms with Crippen LogP contribution in [0, 0.1) is 17.2 Å². The third-order valence-corrected chi connectivity index (χ3v) is 4.62. The van der Waals surface area contributed by atoms with Crippen LogP contribution in [0.1, 0.15) is 32.0 Å². The van der Waals surface area contributed by atoms with Gasteiger partial charge in [0.15, 0.2) is 6.61 Å². The molecule has 0 aliphatic heterocycles. The number of aromatic amines is 1. The van der Waals surface area contributed by atoms with E-state index in [2.05, 4.69) is 21.4 Å². The molecule has 0 saturated heterocycles. The number of nitriles is 1. The van der Waals surface area contributed by atoms with E-state index in [-0.39, 0.29) is 24.3 Å². The Hall–Kier alpha value is -3.21. The smallest absolute Gasteiger partial charge is 0.306 e. The van der Waals surface area contributed by atoms with Crippen LogP contribution in [0.4, 0.5) is 0 Å². The molecule has 1 atom stereocenters. The van der Waals surface area contributed by atoms with Crippen molar-refractivity contribution in [3.63, 3.8) is 0 Å². The molecular weight excluding hydrogens is 348 g/mol. The van der Waals surface area contributed by atoms with Gasteiger partial charge in [-0.3, -0.25) is 14.4 Å². The molecular formula is C19H20N4O4. The zero-order valence-corrected chi connectivity index (χ0v) is 14.9. The molecule has 1 aliphatic rings. The lowest BCUT2D eigenvalue weighted by atomic mass is 9.98. The Kier molecular flexibility index (Phi) is 5.21. The van der Waals surface area contributed by atoms with Gasteiger partial charge >= 0.3 is 5.97 Å². The van der Waals surface area contributed by atoms with Crippen molar-refractivity contribution in [1.82, 2.24) is 15.3 Å². The monoisotopic (exact) mass is 368 g/mol. The molecule has 3 rings (SSSR count). The van der Waals surface area contributed by atoms with Gasteiger partial charge < -0.3 is 15.0 Å². The van der Waals surface area contributed by atoms with E-state index in [1.807, 2.05) is 0 Å². The summed E-state index contributed by atoms with van der Waals surface area (Å²) >= 11 is 0. The SMILES string of the molecule is C[C@](C#N)(NC(=O)COC(=O)CCc1nc2ccccc2c(=O)[nH]1)C1CC1. The van der Waals surface area contributed by atoms with Crippen LogP contribution in [0.5, 0.6) is 0 Å². The van der Waals surface area contributed by atoms with Crippen LogP contribution in [0.3, 0.4) is 0 Å². The first-order valence-corrected chi connectivity index (χ1v) is 8.77. The minimum absolute atomic E-state index is 0.0211. The van der Waals surface area contributed by atoms with Crippen molar-refractivity contribution in [2.45, 2.75) is 38.1 Å². The second-order valence-corrected chi connectivity index (χ2v) is 6.83. The van der Waals surface area contributed by atoms with Crippen molar-refractivity contribution in [2.75, 3.05) is 6.61 Å². The molecule has 8 heteroatoms. The summed E-state index contributed by atoms with van der Waals surface area (Å²) in [6, 6.07) is 9.04. The first-order chi connectivity index (χ1) is 12.9. The molecule has 0 bridgehead atoms. The lowest BCUT2D eigenvalue weighted by molar-refractivity contribution is -0.148. The highest BCUT2D eigenvalue weighted by molar-refractivity contribution is 5.81. The summed E-state index contributed by atoms with van der Waals surface area (Å²) in [5.74, 6) is -0.550. The quantitative estimate of drug-likeness (QED) is 0.708. The molecule has 0 unspecified atom stereocenters. The molecule has 0 spiro atoms. The first kappa shape index (κ1) is 18.6. The Morgan fingerprint density at radius 1 is 1.41 bits per heavy atom. The van der Waals surface area contributed by atoms with Gasteiger partial charge in [0.2, 0.25) is 0 Å². The summed E-state index contributed by atoms with van der Waals surface area (Å²) in [6.45, 7) is 1.23. The molecule has 27 heavy (non-hydrogen) atoms. The van der Waals surface area contributed by atoms with Gasteiger partial charge in [-0.1, -0.05) is 12.1 Å². The predicted octanol–water partition coefficient (Wildman–Crippen LogP) is 1.21. The fourth-order valence-electron chi connectivity index (χ4n) is 2.90. The van der Waals surface area contributed by atoms with Crippen LogP contribution in [0.2, 0.25) is 0 Å². The maximum atomic E-state index is 12.0. The standard InChI is InChI=1S/C19H20N4O4/c1-19(11-20,12-6-7-12)23-16(24)10-27-17(25)9-8-15-21-14-5-3-2-4-13(14)18(26)22-15/h2-5,12H,6-10H2,1H3,(H,23,24)(H,21,22,26)/t19-/m1/s1. The van der Waals surface area contributed by atoms with Gasteiger partial charge in [0.1, 0.15) is 11.4 Å². The maximum Gasteiger partial charge on any atom is 0.306 e. The molecule has 1 aromatic heterocycles. The van der Waals surface area contributed by atoms with Crippen LogP contribution in [0.15, 0.2) is 29.1 Å². The molecule has 140 valence electrons. The Labute approximate surface area is 155 Å². The van der Waals surface area contributed by atoms with Gasteiger partial charge in [-0.25, -0.2) is 4.98 Å². The number of amides is 1. The van der Waals surface area contributed by atoms with Gasteiger partial charge in [0.25, 0.3) is 11.5 Å². The summed E-state index contributed by atoms with van der Waals surface area (Å²) < 4.78 is 4.95. The predicted molar refractivity (Wildman–Crippen MR) is 96.5 cm³/mol. The minimum Gasteiger partial charge on any atom is -0.456 e. The van der Waals surface area contributed by atoms with Crippen molar-refractivity contribution in [3.8, 4) is 6.07 Å². The Bertz CT molecular complexity index is 974. The first-order valence-electron chi connectivity index (χ1n) is 8.77. The third-order valence-electron chi connectivity index (χ3n) is 4.62. The minimum atomic E-state index is -0.919. The molecule has 8 nitrogen and oxygen atoms in total. The summed E-state index contributed by atoms with van der Waals surface area (Å²) in [4.78, 5) is 42.7. The topological polar surface area (TPSA) is 125 Å². The second kappa shape index (κ2) is 7.58. The van der Waals surface area contributed by atoms with E-state index in [4.69, 9.17) is 4.74 Å². The Balaban J connectivity index is 1.49. The number of carbonyl (C=O) groups is 2. The summed E-state index contributed by atoms with van der Waals surface area (Å²) in [5.41, 5.74) is -0.628. The van der Waals surface area contributed by atoms with Crippen molar-refractivity contribution in [1.29, 1.82) is 5.26 Å². The van der Waals surface area contributed by atoms with Gasteiger partial charge in [-0.05, 0) is 37.8 Å². The number of H-pyrrole nitrogens is 1. The van der Waals surface area contributed by atoms with Crippen LogP contribution in [0.25, 0.3) is 10.9 Å². The van der Waals surface area contributed by atoms with E-state index in [0.29, 0.717) is 16.7 Å². The highest BCUT2D eigenvalue weighted by atomic mass is 16.5. The number of esters is 1. The molecule has 2 N–H and O–H groups in total. The van der Waals surface area contributed by atoms with E-state index in [1.54, 1.807) is 31.2 Å². The number of hydrogen-bond donors (Lipinski definition) is 2. The largest absolute Gasteiger partial charge is 0.456 e. The van der Waals surface area contributed by atoms with E-state index >= 15 is 0 Å². The lowest BCUT2D eigenvalue weighted by Crippen LogP contribution is -2.48. The van der Waals surface area contributed by atoms with Crippen LogP contribution >= 0.6 is 0 Å². The second-order valence-electron chi connectivity index (χ2n) is 6.83. The van der Waals surface area contributed by atoms with Crippen molar-refractivity contribution in [2.24, 2.45) is 5.92 Å². The number of benzene rings is 1. The number of hydrogen-bond acceptors (Lipinski definition) is 6. The average molecular weight is 368 g/mol. The number of aromatic nitrogens is 2. The van der Waals surface area contributed by atoms with Crippen molar-refractivity contribution >= 4 is 22.8 Å². The van der Waals surface area contributed by atoms with E-state index in [1.165, 1.54) is 0 Å². The van der Waals surface area contributed by atoms with Crippen LogP contribution < -0.4 is 10.9 Å². The number of carbonyl (C=O) groups excluding carboxylic acids is 2. The van der Waals surface area contributed by atoms with Gasteiger partial charge in [-0.15, -0.1) is 0 Å². The maximum absolute atomic E-state index is 12.0. The Morgan fingerprint density at radius 2 is 2.15 bits per heavy atom. The number of fused-ring (bicyclic) bond motifs is 1. The summed E-state index contributed by atoms with van der Waals surface area (Å²) in [7, 11) is 0. The van der Waals surface area contributed by atoms with Gasteiger partial charge in [0.05, 0.1) is 23.4 Å². The zero-order valence-electron chi connectivity index (χ0n) is 14.9. The van der Waals surface area contributed by atoms with Crippen LogP contribution in [-0.4, -0.2) is 34.0 Å². The number of nitrogens with zero attached hydrogens (tertiary/aromatic N) is 2. The molecule has 1 fully saturated rings. The van der Waals surface area contributed by atoms with Crippen molar-refractivity contribution in [3.05, 3.63) is 40.4 Å². The number of para-hydroxylation sites is 1. The lowest BCUT2D eigenvalue weighted by Gasteiger charge is -2.22. The van der Waals surface area contributed by atoms with E-state index < -0.39 is 24.0 Å². The van der Waals surface area contributed by atoms with E-state index in [0.717, 1.165) is 12.8 Å². The fourth-order valence-corrected chi connectivity index (χ4v) is 2.90. The average Bonchev–Trinajstić information content (AvgIpc) is 3.50. The Morgan fingerprint density at radius 3 is 2.85 bits per heavy atom. The molecule has 0 radical (unpaired) electrons. The molecule has 1 saturated carbocycles. The molecule has 1 aliphatic carbocycles. The third kappa shape index (κ3) is 4.50. The number of nitrogens with one attached hydrogen (secondary N) is 2. The zero-order chi connectivity index (χ0) is 19.4. The number of aryl methyl sites for hydroxylation is 1. The molecule has 1 heterocycles. The summed E-state index contributed by atoms with van der Waals surface area (Å²) in [6.07, 6.45) is 1.98. The highest BCUT2D eigenvalue weighted by Gasteiger charge is 2.43. The fraction of sp³-hybridized carbons (Fsp3) is 0.421. The number of ether oxygens (including phenoxy) is 1. The normalized spacial score (nSPS) is 15.6. The van der Waals surface area contributed by atoms with Gasteiger partial charge in [0, 0.05) is 6.42 Å². The van der Waals surface area contributed by atoms with Gasteiger partial charge in [-0.2, -0.15) is 5.26 Å². The highest BCUT2D eigenvalue weighted by Crippen LogP contribution is 2.39. The molecule has 1 aromatic carbocycles. The molecule has 1 amide bonds. The number of rotatable bonds is 7. The molecule has 2 aromatic rings. The van der Waals surface area contributed by atoms with E-state index in [9.17, 15) is 19.6 Å².